The number of aromatic amines is 1. The first kappa shape index (κ1) is 21.7. The number of rotatable bonds is 7. The lowest BCUT2D eigenvalue weighted by molar-refractivity contribution is -0.113. The van der Waals surface area contributed by atoms with Gasteiger partial charge in [-0.2, -0.15) is 5.10 Å². The van der Waals surface area contributed by atoms with Crippen LogP contribution in [0.1, 0.15) is 0 Å². The van der Waals surface area contributed by atoms with Crippen molar-refractivity contribution in [1.29, 1.82) is 0 Å². The molecule has 32 heavy (non-hydrogen) atoms. The molecular formula is C21H18ClN5O4S. The summed E-state index contributed by atoms with van der Waals surface area (Å²) in [6, 6.07) is 12.1. The zero-order chi connectivity index (χ0) is 22.7. The third kappa shape index (κ3) is 4.56. The molecule has 2 aromatic heterocycles. The minimum Gasteiger partial charge on any atom is -0.493 e. The Labute approximate surface area is 191 Å². The number of halogens is 1. The second-order valence-corrected chi connectivity index (χ2v) is 7.95. The zero-order valence-corrected chi connectivity index (χ0v) is 18.7. The van der Waals surface area contributed by atoms with Gasteiger partial charge >= 0.3 is 0 Å². The molecule has 0 saturated heterocycles. The molecule has 0 aliphatic heterocycles. The molecule has 0 radical (unpaired) electrons. The molecule has 0 bridgehead atoms. The highest BCUT2D eigenvalue weighted by molar-refractivity contribution is 7.99. The number of hydrogen-bond donors (Lipinski definition) is 2. The van der Waals surface area contributed by atoms with Crippen molar-refractivity contribution in [2.45, 2.75) is 5.16 Å². The number of carbonyl (C=O) groups is 1. The number of hydrogen-bond acceptors (Lipinski definition) is 7. The normalized spacial score (nSPS) is 10.8. The van der Waals surface area contributed by atoms with E-state index < -0.39 is 0 Å². The van der Waals surface area contributed by atoms with E-state index in [2.05, 4.69) is 20.4 Å². The molecule has 9 nitrogen and oxygen atoms in total. The molecule has 2 heterocycles. The van der Waals surface area contributed by atoms with Crippen molar-refractivity contribution in [1.82, 2.24) is 19.7 Å². The number of aromatic nitrogens is 4. The summed E-state index contributed by atoms with van der Waals surface area (Å²) in [6.07, 6.45) is 1.45. The zero-order valence-electron chi connectivity index (χ0n) is 17.1. The maximum Gasteiger partial charge on any atom is 0.262 e. The number of anilines is 1. The Morgan fingerprint density at radius 3 is 2.62 bits per heavy atom. The van der Waals surface area contributed by atoms with Gasteiger partial charge in [0.15, 0.2) is 22.3 Å². The van der Waals surface area contributed by atoms with Crippen LogP contribution in [0.2, 0.25) is 5.02 Å². The fraction of sp³-hybridized carbons (Fsp3) is 0.143. The van der Waals surface area contributed by atoms with E-state index in [0.717, 1.165) is 11.8 Å². The maximum atomic E-state index is 12.5. The Balaban J connectivity index is 1.51. The number of benzene rings is 2. The fourth-order valence-corrected chi connectivity index (χ4v) is 3.76. The molecule has 0 aliphatic carbocycles. The van der Waals surface area contributed by atoms with Crippen molar-refractivity contribution < 1.29 is 14.3 Å². The summed E-state index contributed by atoms with van der Waals surface area (Å²) < 4.78 is 12.0. The lowest BCUT2D eigenvalue weighted by atomic mass is 10.2. The third-order valence-electron chi connectivity index (χ3n) is 4.49. The van der Waals surface area contributed by atoms with Gasteiger partial charge in [0.1, 0.15) is 5.39 Å². The van der Waals surface area contributed by atoms with Crippen LogP contribution < -0.4 is 20.3 Å². The Bertz CT molecular complexity index is 1340. The first-order valence-corrected chi connectivity index (χ1v) is 10.7. The smallest absolute Gasteiger partial charge is 0.262 e. The molecule has 0 saturated carbocycles. The summed E-state index contributed by atoms with van der Waals surface area (Å²) in [7, 11) is 3.06. The fourth-order valence-electron chi connectivity index (χ4n) is 2.98. The highest BCUT2D eigenvalue weighted by Crippen LogP contribution is 2.30. The number of H-pyrrole nitrogens is 1. The van der Waals surface area contributed by atoms with Gasteiger partial charge in [0.2, 0.25) is 5.91 Å². The van der Waals surface area contributed by atoms with Gasteiger partial charge in [0.05, 0.1) is 31.9 Å². The number of amides is 1. The predicted molar refractivity (Wildman–Crippen MR) is 123 cm³/mol. The Morgan fingerprint density at radius 2 is 1.91 bits per heavy atom. The van der Waals surface area contributed by atoms with Crippen LogP contribution in [-0.4, -0.2) is 45.6 Å². The van der Waals surface area contributed by atoms with Gasteiger partial charge in [-0.25, -0.2) is 9.67 Å². The van der Waals surface area contributed by atoms with Gasteiger partial charge < -0.3 is 19.8 Å². The molecule has 2 aromatic carbocycles. The maximum absolute atomic E-state index is 12.5. The Kier molecular flexibility index (Phi) is 6.33. The summed E-state index contributed by atoms with van der Waals surface area (Å²) >= 11 is 7.06. The first-order chi connectivity index (χ1) is 15.5. The minimum absolute atomic E-state index is 0.0396. The number of carbonyl (C=O) groups excluding carboxylic acids is 1. The first-order valence-electron chi connectivity index (χ1n) is 9.37. The quantitative estimate of drug-likeness (QED) is 0.313. The van der Waals surface area contributed by atoms with Crippen molar-refractivity contribution in [2.24, 2.45) is 0 Å². The van der Waals surface area contributed by atoms with Crippen LogP contribution in [0, 0.1) is 0 Å². The number of thioether (sulfide) groups is 1. The monoisotopic (exact) mass is 471 g/mol. The van der Waals surface area contributed by atoms with E-state index >= 15 is 0 Å². The predicted octanol–water partition coefficient (Wildman–Crippen LogP) is 3.51. The second kappa shape index (κ2) is 9.33. The van der Waals surface area contributed by atoms with E-state index in [9.17, 15) is 9.59 Å². The second-order valence-electron chi connectivity index (χ2n) is 6.55. The van der Waals surface area contributed by atoms with Crippen molar-refractivity contribution in [2.75, 3.05) is 25.3 Å². The van der Waals surface area contributed by atoms with Gasteiger partial charge in [-0.15, -0.1) is 0 Å². The van der Waals surface area contributed by atoms with Crippen LogP contribution in [-0.2, 0) is 4.79 Å². The molecule has 0 aliphatic rings. The van der Waals surface area contributed by atoms with E-state index in [1.54, 1.807) is 47.1 Å². The molecule has 4 aromatic rings. The molecule has 0 unspecified atom stereocenters. The molecule has 11 heteroatoms. The largest absolute Gasteiger partial charge is 0.493 e. The van der Waals surface area contributed by atoms with Gasteiger partial charge in [0.25, 0.3) is 5.56 Å². The molecule has 0 atom stereocenters. The average Bonchev–Trinajstić information content (AvgIpc) is 3.22. The molecule has 164 valence electrons. The van der Waals surface area contributed by atoms with Crippen LogP contribution in [0.15, 0.2) is 58.6 Å². The van der Waals surface area contributed by atoms with Crippen molar-refractivity contribution in [3.05, 3.63) is 64.0 Å². The van der Waals surface area contributed by atoms with Crippen molar-refractivity contribution in [3.63, 3.8) is 0 Å². The number of ether oxygens (including phenoxy) is 2. The van der Waals surface area contributed by atoms with Gasteiger partial charge in [-0.3, -0.25) is 9.59 Å². The topological polar surface area (TPSA) is 111 Å². The van der Waals surface area contributed by atoms with Crippen molar-refractivity contribution >= 4 is 46.0 Å². The number of methoxy groups -OCH3 is 2. The van der Waals surface area contributed by atoms with Crippen molar-refractivity contribution in [3.8, 4) is 17.2 Å². The van der Waals surface area contributed by atoms with Gasteiger partial charge in [-0.05, 0) is 36.4 Å². The van der Waals surface area contributed by atoms with Gasteiger partial charge in [0, 0.05) is 16.8 Å². The summed E-state index contributed by atoms with van der Waals surface area (Å²) in [4.78, 5) is 32.0. The Morgan fingerprint density at radius 1 is 1.16 bits per heavy atom. The van der Waals surface area contributed by atoms with E-state index in [1.807, 2.05) is 0 Å². The molecule has 0 spiro atoms. The van der Waals surface area contributed by atoms with Gasteiger partial charge in [-0.1, -0.05) is 23.4 Å². The van der Waals surface area contributed by atoms with Crippen LogP contribution in [0.25, 0.3) is 16.7 Å². The number of nitrogens with zero attached hydrogens (tertiary/aromatic N) is 3. The molecule has 0 fully saturated rings. The summed E-state index contributed by atoms with van der Waals surface area (Å²) in [5.41, 5.74) is 1.33. The van der Waals surface area contributed by atoms with E-state index in [1.165, 1.54) is 20.4 Å². The molecule has 1 amide bonds. The number of fused-ring (bicyclic) bond motifs is 1. The van der Waals surface area contributed by atoms with Crippen LogP contribution in [0.3, 0.4) is 0 Å². The summed E-state index contributed by atoms with van der Waals surface area (Å²) in [5, 5.41) is 8.28. The summed E-state index contributed by atoms with van der Waals surface area (Å²) in [5.74, 6) is 0.839. The minimum atomic E-state index is -0.335. The standard InChI is InChI=1S/C21H18ClN5O4S/c1-30-16-8-5-13(9-17(16)31-2)24-18(28)11-32-21-25-19-15(20(29)26-21)10-23-27(19)14-6-3-12(22)4-7-14/h3-10H,11H2,1-2H3,(H,24,28)(H,25,26,29). The lowest BCUT2D eigenvalue weighted by Crippen LogP contribution is -2.15. The van der Waals surface area contributed by atoms with E-state index in [4.69, 9.17) is 21.1 Å². The summed E-state index contributed by atoms with van der Waals surface area (Å²) in [6.45, 7) is 0. The van der Waals surface area contributed by atoms with Crippen LogP contribution in [0.5, 0.6) is 11.5 Å². The third-order valence-corrected chi connectivity index (χ3v) is 5.62. The van der Waals surface area contributed by atoms with E-state index in [0.29, 0.717) is 44.1 Å². The highest BCUT2D eigenvalue weighted by atomic mass is 35.5. The molecular weight excluding hydrogens is 454 g/mol. The number of nitrogens with one attached hydrogen (secondary N) is 2. The SMILES string of the molecule is COc1ccc(NC(=O)CSc2nc3c(cnn3-c3ccc(Cl)cc3)c(=O)[nH]2)cc1OC. The van der Waals surface area contributed by atoms with Crippen LogP contribution >= 0.6 is 23.4 Å². The van der Waals surface area contributed by atoms with Crippen LogP contribution in [0.4, 0.5) is 5.69 Å². The lowest BCUT2D eigenvalue weighted by Gasteiger charge is -2.10. The Hall–Kier alpha value is -3.50. The molecule has 4 rings (SSSR count). The molecule has 2 N–H and O–H groups in total. The van der Waals surface area contributed by atoms with E-state index in [-0.39, 0.29) is 17.2 Å². The average molecular weight is 472 g/mol. The highest BCUT2D eigenvalue weighted by Gasteiger charge is 2.14.